The molecule has 1 atom stereocenters. The SMILES string of the molecule is Cc1cc(OC2CCN(C(=O)CCc3c(Cl)cccc3Cl)C2)cc(=O)n1C. The molecule has 1 saturated heterocycles. The Morgan fingerprint density at radius 2 is 1.96 bits per heavy atom. The summed E-state index contributed by atoms with van der Waals surface area (Å²) >= 11 is 12.3. The van der Waals surface area contributed by atoms with Gasteiger partial charge in [-0.25, -0.2) is 0 Å². The van der Waals surface area contributed by atoms with Gasteiger partial charge in [-0.05, 0) is 37.1 Å². The van der Waals surface area contributed by atoms with Crippen LogP contribution in [-0.2, 0) is 18.3 Å². The molecule has 5 nitrogen and oxygen atoms in total. The standard InChI is InChI=1S/C20H22Cl2N2O3/c1-13-10-15(11-20(26)23(13)2)27-14-8-9-24(12-14)19(25)7-6-16-17(21)4-3-5-18(16)22/h3-5,10-11,14H,6-9,12H2,1-2H3. The predicted molar refractivity (Wildman–Crippen MR) is 107 cm³/mol. The smallest absolute Gasteiger partial charge is 0.254 e. The van der Waals surface area contributed by atoms with E-state index >= 15 is 0 Å². The Kier molecular flexibility index (Phi) is 6.12. The minimum atomic E-state index is -0.107. The summed E-state index contributed by atoms with van der Waals surface area (Å²) in [6.45, 7) is 3.02. The van der Waals surface area contributed by atoms with Crippen LogP contribution in [0, 0.1) is 6.92 Å². The molecule has 1 amide bonds. The van der Waals surface area contributed by atoms with Gasteiger partial charge in [-0.3, -0.25) is 9.59 Å². The lowest BCUT2D eigenvalue weighted by Gasteiger charge is -2.18. The van der Waals surface area contributed by atoms with E-state index in [0.29, 0.717) is 41.7 Å². The topological polar surface area (TPSA) is 51.5 Å². The van der Waals surface area contributed by atoms with Crippen LogP contribution in [-0.4, -0.2) is 34.6 Å². The molecule has 2 aromatic rings. The normalized spacial score (nSPS) is 16.6. The van der Waals surface area contributed by atoms with Gasteiger partial charge in [0.25, 0.3) is 5.56 Å². The van der Waals surface area contributed by atoms with Crippen molar-refractivity contribution in [1.82, 2.24) is 9.47 Å². The Bertz CT molecular complexity index is 890. The zero-order chi connectivity index (χ0) is 19.6. The van der Waals surface area contributed by atoms with Crippen LogP contribution in [0.25, 0.3) is 0 Å². The highest BCUT2D eigenvalue weighted by Crippen LogP contribution is 2.26. The van der Waals surface area contributed by atoms with Crippen LogP contribution in [0.4, 0.5) is 0 Å². The molecule has 0 N–H and O–H groups in total. The maximum absolute atomic E-state index is 12.5. The molecule has 1 fully saturated rings. The molecule has 27 heavy (non-hydrogen) atoms. The third-order valence-electron chi connectivity index (χ3n) is 4.93. The maximum Gasteiger partial charge on any atom is 0.254 e. The second kappa shape index (κ2) is 8.36. The molecule has 1 aliphatic rings. The minimum absolute atomic E-state index is 0.0530. The number of hydrogen-bond acceptors (Lipinski definition) is 3. The Morgan fingerprint density at radius 3 is 2.63 bits per heavy atom. The Labute approximate surface area is 168 Å². The summed E-state index contributed by atoms with van der Waals surface area (Å²) in [6.07, 6.45) is 1.49. The molecular weight excluding hydrogens is 387 g/mol. The van der Waals surface area contributed by atoms with Gasteiger partial charge in [-0.15, -0.1) is 0 Å². The van der Waals surface area contributed by atoms with Crippen LogP contribution in [0.5, 0.6) is 5.75 Å². The van der Waals surface area contributed by atoms with Gasteiger partial charge in [0.15, 0.2) is 0 Å². The van der Waals surface area contributed by atoms with Crippen molar-refractivity contribution in [1.29, 1.82) is 0 Å². The first-order valence-corrected chi connectivity index (χ1v) is 9.65. The fourth-order valence-corrected chi connectivity index (χ4v) is 3.80. The quantitative estimate of drug-likeness (QED) is 0.758. The molecule has 0 aliphatic carbocycles. The number of aromatic nitrogens is 1. The molecule has 0 saturated carbocycles. The van der Waals surface area contributed by atoms with Gasteiger partial charge in [-0.1, -0.05) is 29.3 Å². The summed E-state index contributed by atoms with van der Waals surface area (Å²) in [5.74, 6) is 0.606. The average Bonchev–Trinajstić information content (AvgIpc) is 3.07. The number of benzene rings is 1. The van der Waals surface area contributed by atoms with Gasteiger partial charge in [0.1, 0.15) is 11.9 Å². The van der Waals surface area contributed by atoms with E-state index in [2.05, 4.69) is 0 Å². The van der Waals surface area contributed by atoms with E-state index < -0.39 is 0 Å². The minimum Gasteiger partial charge on any atom is -0.488 e. The number of carbonyl (C=O) groups is 1. The third-order valence-corrected chi connectivity index (χ3v) is 5.64. The lowest BCUT2D eigenvalue weighted by molar-refractivity contribution is -0.130. The first-order chi connectivity index (χ1) is 12.8. The molecular formula is C20H22Cl2N2O3. The van der Waals surface area contributed by atoms with E-state index in [-0.39, 0.29) is 17.6 Å². The largest absolute Gasteiger partial charge is 0.488 e. The third kappa shape index (κ3) is 4.66. The summed E-state index contributed by atoms with van der Waals surface area (Å²) in [7, 11) is 1.72. The van der Waals surface area contributed by atoms with E-state index in [1.165, 1.54) is 6.07 Å². The summed E-state index contributed by atoms with van der Waals surface area (Å²) in [5.41, 5.74) is 1.53. The number of ether oxygens (including phenoxy) is 1. The van der Waals surface area contributed by atoms with Crippen molar-refractivity contribution in [2.45, 2.75) is 32.3 Å². The first-order valence-electron chi connectivity index (χ1n) is 8.90. The molecule has 0 radical (unpaired) electrons. The fraction of sp³-hybridized carbons (Fsp3) is 0.400. The van der Waals surface area contributed by atoms with Gasteiger partial charge >= 0.3 is 0 Å². The lowest BCUT2D eigenvalue weighted by atomic mass is 10.1. The Hall–Kier alpha value is -1.98. The molecule has 2 heterocycles. The molecule has 1 unspecified atom stereocenters. The van der Waals surface area contributed by atoms with Gasteiger partial charge in [-0.2, -0.15) is 0 Å². The van der Waals surface area contributed by atoms with Gasteiger partial charge < -0.3 is 14.2 Å². The Morgan fingerprint density at radius 1 is 1.26 bits per heavy atom. The van der Waals surface area contributed by atoms with Crippen LogP contribution in [0.3, 0.4) is 0 Å². The Balaban J connectivity index is 1.56. The lowest BCUT2D eigenvalue weighted by Crippen LogP contribution is -2.31. The van der Waals surface area contributed by atoms with Crippen LogP contribution < -0.4 is 10.3 Å². The molecule has 1 aliphatic heterocycles. The van der Waals surface area contributed by atoms with Crippen molar-refractivity contribution in [3.8, 4) is 5.75 Å². The number of aryl methyl sites for hydroxylation is 1. The molecule has 144 valence electrons. The van der Waals surface area contributed by atoms with E-state index in [1.54, 1.807) is 34.7 Å². The summed E-state index contributed by atoms with van der Waals surface area (Å²) in [6, 6.07) is 8.66. The number of nitrogens with zero attached hydrogens (tertiary/aromatic N) is 2. The molecule has 0 spiro atoms. The highest BCUT2D eigenvalue weighted by Gasteiger charge is 2.27. The first kappa shape index (κ1) is 19.8. The number of carbonyl (C=O) groups excluding carboxylic acids is 1. The van der Waals surface area contributed by atoms with E-state index in [1.807, 2.05) is 13.0 Å². The zero-order valence-corrected chi connectivity index (χ0v) is 16.9. The second-order valence-electron chi connectivity index (χ2n) is 6.80. The number of pyridine rings is 1. The number of likely N-dealkylation sites (tertiary alicyclic amines) is 1. The van der Waals surface area contributed by atoms with Crippen molar-refractivity contribution < 1.29 is 9.53 Å². The number of amides is 1. The van der Waals surface area contributed by atoms with Crippen molar-refractivity contribution in [2.24, 2.45) is 7.05 Å². The number of rotatable bonds is 5. The molecule has 1 aromatic heterocycles. The molecule has 3 rings (SSSR count). The fourth-order valence-electron chi connectivity index (χ4n) is 3.21. The van der Waals surface area contributed by atoms with Crippen molar-refractivity contribution in [2.75, 3.05) is 13.1 Å². The van der Waals surface area contributed by atoms with Gasteiger partial charge in [0.2, 0.25) is 5.91 Å². The highest BCUT2D eigenvalue weighted by molar-refractivity contribution is 6.36. The summed E-state index contributed by atoms with van der Waals surface area (Å²) in [4.78, 5) is 26.2. The summed E-state index contributed by atoms with van der Waals surface area (Å²) < 4.78 is 7.49. The second-order valence-corrected chi connectivity index (χ2v) is 7.61. The monoisotopic (exact) mass is 408 g/mol. The molecule has 7 heteroatoms. The van der Waals surface area contributed by atoms with Gasteiger partial charge in [0.05, 0.1) is 6.54 Å². The van der Waals surface area contributed by atoms with E-state index in [4.69, 9.17) is 27.9 Å². The van der Waals surface area contributed by atoms with Crippen molar-refractivity contribution in [3.05, 3.63) is 62.0 Å². The number of halogens is 2. The van der Waals surface area contributed by atoms with Crippen LogP contribution in [0.2, 0.25) is 10.0 Å². The van der Waals surface area contributed by atoms with Crippen molar-refractivity contribution in [3.63, 3.8) is 0 Å². The summed E-state index contributed by atoms with van der Waals surface area (Å²) in [5, 5.41) is 1.16. The molecule has 1 aromatic carbocycles. The number of hydrogen-bond donors (Lipinski definition) is 0. The zero-order valence-electron chi connectivity index (χ0n) is 15.4. The van der Waals surface area contributed by atoms with Gasteiger partial charge in [0, 0.05) is 48.2 Å². The molecule has 0 bridgehead atoms. The predicted octanol–water partition coefficient (Wildman–Crippen LogP) is 3.61. The van der Waals surface area contributed by atoms with Crippen LogP contribution in [0.1, 0.15) is 24.1 Å². The highest BCUT2D eigenvalue weighted by atomic mass is 35.5. The van der Waals surface area contributed by atoms with E-state index in [0.717, 1.165) is 17.7 Å². The van der Waals surface area contributed by atoms with E-state index in [9.17, 15) is 9.59 Å². The average molecular weight is 409 g/mol. The maximum atomic E-state index is 12.5. The van der Waals surface area contributed by atoms with Crippen LogP contribution in [0.15, 0.2) is 35.1 Å². The van der Waals surface area contributed by atoms with Crippen molar-refractivity contribution >= 4 is 29.1 Å². The van der Waals surface area contributed by atoms with Crippen LogP contribution >= 0.6 is 23.2 Å².